The molecule has 1 aliphatic rings. The number of methoxy groups -OCH3 is 2. The SMILES string of the molecule is COc1cccc(-c2cc(C(=O)N3CCC(Oc4ccnc(OC)n4)CC3)[nH]n2)c1. The molecule has 3 aromatic rings. The summed E-state index contributed by atoms with van der Waals surface area (Å²) in [5.74, 6) is 1.15. The Hall–Kier alpha value is -3.62. The molecule has 0 aliphatic carbocycles. The summed E-state index contributed by atoms with van der Waals surface area (Å²) in [5, 5.41) is 7.14. The van der Waals surface area contributed by atoms with Crippen molar-refractivity contribution in [2.75, 3.05) is 27.3 Å². The molecule has 1 N–H and O–H groups in total. The molecule has 1 aromatic carbocycles. The minimum atomic E-state index is -0.0706. The van der Waals surface area contributed by atoms with E-state index >= 15 is 0 Å². The van der Waals surface area contributed by atoms with Crippen LogP contribution in [0.1, 0.15) is 23.3 Å². The van der Waals surface area contributed by atoms with Gasteiger partial charge in [0.15, 0.2) is 0 Å². The highest BCUT2D eigenvalue weighted by molar-refractivity contribution is 5.93. The van der Waals surface area contributed by atoms with Crippen molar-refractivity contribution in [2.24, 2.45) is 0 Å². The molecule has 0 saturated carbocycles. The molecule has 1 aliphatic heterocycles. The van der Waals surface area contributed by atoms with Crippen molar-refractivity contribution in [3.8, 4) is 28.9 Å². The number of aromatic amines is 1. The lowest BCUT2D eigenvalue weighted by atomic mass is 10.1. The number of nitrogens with zero attached hydrogens (tertiary/aromatic N) is 4. The first-order valence-electron chi connectivity index (χ1n) is 9.69. The topological polar surface area (TPSA) is 102 Å². The molecule has 30 heavy (non-hydrogen) atoms. The Morgan fingerprint density at radius 3 is 2.73 bits per heavy atom. The van der Waals surface area contributed by atoms with E-state index in [1.165, 1.54) is 7.11 Å². The number of H-pyrrole nitrogens is 1. The van der Waals surface area contributed by atoms with Crippen LogP contribution in [0.5, 0.6) is 17.6 Å². The van der Waals surface area contributed by atoms with Crippen LogP contribution in [0.2, 0.25) is 0 Å². The minimum Gasteiger partial charge on any atom is -0.497 e. The number of aromatic nitrogens is 4. The first-order chi connectivity index (χ1) is 14.7. The second kappa shape index (κ2) is 8.81. The number of nitrogens with one attached hydrogen (secondary N) is 1. The zero-order valence-electron chi connectivity index (χ0n) is 16.9. The molecule has 2 aromatic heterocycles. The molecular weight excluding hydrogens is 386 g/mol. The summed E-state index contributed by atoms with van der Waals surface area (Å²) in [6.45, 7) is 1.19. The number of hydrogen-bond acceptors (Lipinski definition) is 7. The first kappa shape index (κ1) is 19.7. The highest BCUT2D eigenvalue weighted by atomic mass is 16.5. The molecule has 0 unspecified atom stereocenters. The van der Waals surface area contributed by atoms with E-state index < -0.39 is 0 Å². The van der Waals surface area contributed by atoms with Crippen LogP contribution in [0.15, 0.2) is 42.6 Å². The zero-order valence-corrected chi connectivity index (χ0v) is 16.9. The minimum absolute atomic E-state index is 0.0113. The normalized spacial score (nSPS) is 14.4. The van der Waals surface area contributed by atoms with Crippen LogP contribution in [-0.4, -0.2) is 64.4 Å². The number of carbonyl (C=O) groups is 1. The van der Waals surface area contributed by atoms with Crippen LogP contribution in [0.25, 0.3) is 11.3 Å². The average molecular weight is 409 g/mol. The maximum absolute atomic E-state index is 12.9. The van der Waals surface area contributed by atoms with Crippen LogP contribution in [0.3, 0.4) is 0 Å². The van der Waals surface area contributed by atoms with Crippen molar-refractivity contribution >= 4 is 5.91 Å². The molecule has 156 valence electrons. The van der Waals surface area contributed by atoms with Crippen molar-refractivity contribution in [1.29, 1.82) is 0 Å². The van der Waals surface area contributed by atoms with Gasteiger partial charge in [0.25, 0.3) is 5.91 Å². The van der Waals surface area contributed by atoms with Gasteiger partial charge in [-0.1, -0.05) is 12.1 Å². The molecule has 1 amide bonds. The lowest BCUT2D eigenvalue weighted by Crippen LogP contribution is -2.42. The highest BCUT2D eigenvalue weighted by Gasteiger charge is 2.26. The highest BCUT2D eigenvalue weighted by Crippen LogP contribution is 2.24. The van der Waals surface area contributed by atoms with Crippen molar-refractivity contribution in [3.63, 3.8) is 0 Å². The van der Waals surface area contributed by atoms with E-state index in [2.05, 4.69) is 20.2 Å². The van der Waals surface area contributed by atoms with Gasteiger partial charge in [-0.25, -0.2) is 4.98 Å². The predicted molar refractivity (Wildman–Crippen MR) is 109 cm³/mol. The van der Waals surface area contributed by atoms with Gasteiger partial charge < -0.3 is 19.1 Å². The summed E-state index contributed by atoms with van der Waals surface area (Å²) in [4.78, 5) is 22.8. The number of ether oxygens (including phenoxy) is 3. The summed E-state index contributed by atoms with van der Waals surface area (Å²) in [5.41, 5.74) is 2.05. The van der Waals surface area contributed by atoms with Gasteiger partial charge in [-0.3, -0.25) is 9.89 Å². The second-order valence-electron chi connectivity index (χ2n) is 6.89. The van der Waals surface area contributed by atoms with Crippen molar-refractivity contribution < 1.29 is 19.0 Å². The zero-order chi connectivity index (χ0) is 20.9. The van der Waals surface area contributed by atoms with Gasteiger partial charge >= 0.3 is 6.01 Å². The monoisotopic (exact) mass is 409 g/mol. The largest absolute Gasteiger partial charge is 0.497 e. The maximum atomic E-state index is 12.9. The molecule has 9 heteroatoms. The summed E-state index contributed by atoms with van der Waals surface area (Å²) >= 11 is 0. The molecule has 4 rings (SSSR count). The molecule has 0 atom stereocenters. The van der Waals surface area contributed by atoms with Crippen molar-refractivity contribution in [3.05, 3.63) is 48.3 Å². The molecule has 0 spiro atoms. The maximum Gasteiger partial charge on any atom is 0.319 e. The summed E-state index contributed by atoms with van der Waals surface area (Å²) in [6.07, 6.45) is 3.02. The van der Waals surface area contributed by atoms with E-state index in [-0.39, 0.29) is 18.0 Å². The number of likely N-dealkylation sites (tertiary alicyclic amines) is 1. The number of hydrogen-bond donors (Lipinski definition) is 1. The van der Waals surface area contributed by atoms with Gasteiger partial charge in [0.1, 0.15) is 17.5 Å². The van der Waals surface area contributed by atoms with Crippen molar-refractivity contribution in [2.45, 2.75) is 18.9 Å². The lowest BCUT2D eigenvalue weighted by Gasteiger charge is -2.31. The lowest BCUT2D eigenvalue weighted by molar-refractivity contribution is 0.0581. The summed E-state index contributed by atoms with van der Waals surface area (Å²) in [6, 6.07) is 11.3. The molecule has 9 nitrogen and oxygen atoms in total. The molecule has 3 heterocycles. The van der Waals surface area contributed by atoms with E-state index in [0.29, 0.717) is 30.4 Å². The third-order valence-corrected chi connectivity index (χ3v) is 4.98. The number of benzene rings is 1. The third-order valence-electron chi connectivity index (χ3n) is 4.98. The average Bonchev–Trinajstić information content (AvgIpc) is 3.30. The van der Waals surface area contributed by atoms with Gasteiger partial charge in [-0.15, -0.1) is 0 Å². The second-order valence-corrected chi connectivity index (χ2v) is 6.89. The van der Waals surface area contributed by atoms with E-state index in [4.69, 9.17) is 14.2 Å². The fraction of sp³-hybridized carbons (Fsp3) is 0.333. The first-order valence-corrected chi connectivity index (χ1v) is 9.69. The number of piperidine rings is 1. The molecular formula is C21H23N5O4. The number of amides is 1. The van der Waals surface area contributed by atoms with Crippen LogP contribution >= 0.6 is 0 Å². The Labute approximate surface area is 174 Å². The van der Waals surface area contributed by atoms with Gasteiger partial charge in [0.2, 0.25) is 5.88 Å². The smallest absolute Gasteiger partial charge is 0.319 e. The van der Waals surface area contributed by atoms with Gasteiger partial charge in [0, 0.05) is 43.8 Å². The Morgan fingerprint density at radius 2 is 1.97 bits per heavy atom. The van der Waals surface area contributed by atoms with E-state index in [1.807, 2.05) is 29.2 Å². The summed E-state index contributed by atoms with van der Waals surface area (Å²) < 4.78 is 16.2. The van der Waals surface area contributed by atoms with Crippen molar-refractivity contribution in [1.82, 2.24) is 25.1 Å². The van der Waals surface area contributed by atoms with Crippen LogP contribution in [-0.2, 0) is 0 Å². The predicted octanol–water partition coefficient (Wildman–Crippen LogP) is 2.57. The van der Waals surface area contributed by atoms with Gasteiger partial charge in [-0.05, 0) is 18.2 Å². The van der Waals surface area contributed by atoms with E-state index in [9.17, 15) is 4.79 Å². The molecule has 1 fully saturated rings. The van der Waals surface area contributed by atoms with Crippen LogP contribution in [0.4, 0.5) is 0 Å². The summed E-state index contributed by atoms with van der Waals surface area (Å²) in [7, 11) is 3.13. The van der Waals surface area contributed by atoms with Crippen LogP contribution < -0.4 is 14.2 Å². The fourth-order valence-electron chi connectivity index (χ4n) is 3.37. The van der Waals surface area contributed by atoms with E-state index in [0.717, 1.165) is 24.2 Å². The Kier molecular flexibility index (Phi) is 5.78. The van der Waals surface area contributed by atoms with Gasteiger partial charge in [0.05, 0.1) is 19.9 Å². The third kappa shape index (κ3) is 4.35. The van der Waals surface area contributed by atoms with Gasteiger partial charge in [-0.2, -0.15) is 10.1 Å². The Morgan fingerprint density at radius 1 is 1.13 bits per heavy atom. The Bertz CT molecular complexity index is 1010. The Balaban J connectivity index is 1.36. The quantitative estimate of drug-likeness (QED) is 0.667. The molecule has 0 radical (unpaired) electrons. The number of carbonyl (C=O) groups excluding carboxylic acids is 1. The standard InChI is InChI=1S/C21H23N5O4/c1-28-16-5-3-4-14(12-16)17-13-18(25-24-17)20(27)26-10-7-15(8-11-26)30-19-6-9-22-21(23-19)29-2/h3-6,9,12-13,15H,7-8,10-11H2,1-2H3,(H,24,25). The fourth-order valence-corrected chi connectivity index (χ4v) is 3.37. The van der Waals surface area contributed by atoms with E-state index in [1.54, 1.807) is 25.4 Å². The molecule has 1 saturated heterocycles. The van der Waals surface area contributed by atoms with Crippen LogP contribution in [0, 0.1) is 0 Å². The number of rotatable bonds is 6. The molecule has 0 bridgehead atoms.